The molecule has 0 radical (unpaired) electrons. The molecule has 0 amide bonds. The second kappa shape index (κ2) is 8.86. The number of benzene rings is 1. The van der Waals surface area contributed by atoms with Gasteiger partial charge in [0.1, 0.15) is 5.75 Å². The number of phenolic OH excluding ortho intramolecular Hbond substituents is 1. The molecule has 5 heteroatoms. The minimum Gasteiger partial charge on any atom is -0.507 e. The summed E-state index contributed by atoms with van der Waals surface area (Å²) in [5, 5.41) is 10.3. The van der Waals surface area contributed by atoms with E-state index >= 15 is 0 Å². The number of phenols is 1. The lowest BCUT2D eigenvalue weighted by atomic mass is 9.93. The van der Waals surface area contributed by atoms with E-state index in [2.05, 4.69) is 68.0 Å². The smallest absolute Gasteiger partial charge is 0.133 e. The summed E-state index contributed by atoms with van der Waals surface area (Å²) < 4.78 is 2.17. The van der Waals surface area contributed by atoms with E-state index in [0.29, 0.717) is 5.75 Å². The zero-order valence-electron chi connectivity index (χ0n) is 14.5. The molecule has 0 aromatic heterocycles. The molecule has 2 saturated heterocycles. The zero-order valence-corrected chi connectivity index (χ0v) is 18.8. The molecular formula is C19H28I2N2O. The van der Waals surface area contributed by atoms with Crippen LogP contribution in [0.3, 0.4) is 0 Å². The molecule has 134 valence electrons. The van der Waals surface area contributed by atoms with Gasteiger partial charge in [0.2, 0.25) is 0 Å². The van der Waals surface area contributed by atoms with Crippen molar-refractivity contribution in [2.75, 3.05) is 32.7 Å². The van der Waals surface area contributed by atoms with Crippen LogP contribution < -0.4 is 0 Å². The Balaban J connectivity index is 1.47. The molecule has 0 atom stereocenters. The fourth-order valence-electron chi connectivity index (χ4n) is 3.92. The maximum Gasteiger partial charge on any atom is 0.133 e. The van der Waals surface area contributed by atoms with Gasteiger partial charge in [0.15, 0.2) is 0 Å². The lowest BCUT2D eigenvalue weighted by Gasteiger charge is -2.37. The minimum absolute atomic E-state index is 0.473. The number of hydrogen-bond acceptors (Lipinski definition) is 3. The molecule has 0 aliphatic carbocycles. The van der Waals surface area contributed by atoms with Crippen LogP contribution in [0.4, 0.5) is 0 Å². The van der Waals surface area contributed by atoms with Gasteiger partial charge in [-0.25, -0.2) is 0 Å². The molecule has 3 rings (SSSR count). The summed E-state index contributed by atoms with van der Waals surface area (Å²) in [4.78, 5) is 5.20. The monoisotopic (exact) mass is 554 g/mol. The van der Waals surface area contributed by atoms with Crippen molar-refractivity contribution in [2.45, 2.75) is 39.2 Å². The molecule has 1 aromatic rings. The number of hydrogen-bond donors (Lipinski definition) is 1. The maximum absolute atomic E-state index is 10.3. The van der Waals surface area contributed by atoms with E-state index < -0.39 is 0 Å². The van der Waals surface area contributed by atoms with Crippen LogP contribution in [0, 0.1) is 19.0 Å². The predicted octanol–water partition coefficient (Wildman–Crippen LogP) is 4.55. The van der Waals surface area contributed by atoms with E-state index in [1.165, 1.54) is 48.9 Å². The molecular weight excluding hydrogens is 526 g/mol. The first-order valence-electron chi connectivity index (χ1n) is 9.13. The Labute approximate surface area is 173 Å². The van der Waals surface area contributed by atoms with Crippen molar-refractivity contribution in [3.05, 3.63) is 24.8 Å². The van der Waals surface area contributed by atoms with E-state index in [4.69, 9.17) is 0 Å². The third-order valence-electron chi connectivity index (χ3n) is 5.60. The lowest BCUT2D eigenvalue weighted by molar-refractivity contribution is 0.117. The highest BCUT2D eigenvalue weighted by Gasteiger charge is 2.24. The van der Waals surface area contributed by atoms with Crippen LogP contribution in [0.2, 0.25) is 0 Å². The van der Waals surface area contributed by atoms with E-state index in [-0.39, 0.29) is 0 Å². The number of rotatable bonds is 4. The summed E-state index contributed by atoms with van der Waals surface area (Å²) in [7, 11) is 0. The van der Waals surface area contributed by atoms with Crippen molar-refractivity contribution < 1.29 is 5.11 Å². The van der Waals surface area contributed by atoms with Gasteiger partial charge in [-0.3, -0.25) is 4.90 Å². The SMILES string of the molecule is CC1CCN(CC2CCN(Cc3cc(I)cc(I)c3O)CC2)CC1. The quantitative estimate of drug-likeness (QED) is 0.554. The number of piperidine rings is 2. The normalized spacial score (nSPS) is 22.1. The molecule has 0 bridgehead atoms. The van der Waals surface area contributed by atoms with Gasteiger partial charge < -0.3 is 10.0 Å². The van der Waals surface area contributed by atoms with E-state index in [1.807, 2.05) is 6.07 Å². The highest BCUT2D eigenvalue weighted by Crippen LogP contribution is 2.29. The van der Waals surface area contributed by atoms with Crippen molar-refractivity contribution in [3.63, 3.8) is 0 Å². The molecule has 1 aromatic carbocycles. The third kappa shape index (κ3) is 5.20. The Kier molecular flexibility index (Phi) is 7.08. The fraction of sp³-hybridized carbons (Fsp3) is 0.684. The van der Waals surface area contributed by atoms with Crippen LogP contribution in [0.25, 0.3) is 0 Å². The van der Waals surface area contributed by atoms with Crippen LogP contribution in [-0.4, -0.2) is 47.6 Å². The summed E-state index contributed by atoms with van der Waals surface area (Å²) >= 11 is 4.56. The Bertz CT molecular complexity index is 551. The number of halogens is 2. The maximum atomic E-state index is 10.3. The van der Waals surface area contributed by atoms with Gasteiger partial charge in [0.25, 0.3) is 0 Å². The molecule has 0 spiro atoms. The van der Waals surface area contributed by atoms with Crippen LogP contribution in [0.15, 0.2) is 12.1 Å². The van der Waals surface area contributed by atoms with E-state index in [1.54, 1.807) is 0 Å². The van der Waals surface area contributed by atoms with Crippen molar-refractivity contribution in [2.24, 2.45) is 11.8 Å². The van der Waals surface area contributed by atoms with E-state index in [9.17, 15) is 5.11 Å². The summed E-state index contributed by atoms with van der Waals surface area (Å²) in [6, 6.07) is 4.16. The van der Waals surface area contributed by atoms with Crippen LogP contribution in [0.5, 0.6) is 5.75 Å². The topological polar surface area (TPSA) is 26.7 Å². The molecule has 0 unspecified atom stereocenters. The number of likely N-dealkylation sites (tertiary alicyclic amines) is 2. The van der Waals surface area contributed by atoms with Crippen molar-refractivity contribution in [3.8, 4) is 5.75 Å². The lowest BCUT2D eigenvalue weighted by Crippen LogP contribution is -2.41. The number of aromatic hydroxyl groups is 1. The second-order valence-electron chi connectivity index (χ2n) is 7.60. The minimum atomic E-state index is 0.473. The Morgan fingerprint density at radius 2 is 1.62 bits per heavy atom. The van der Waals surface area contributed by atoms with E-state index in [0.717, 1.165) is 40.6 Å². The first-order chi connectivity index (χ1) is 11.5. The summed E-state index contributed by atoms with van der Waals surface area (Å²) in [6.07, 6.45) is 5.36. The fourth-order valence-corrected chi connectivity index (χ4v) is 5.88. The molecule has 2 heterocycles. The Morgan fingerprint density at radius 1 is 1.00 bits per heavy atom. The largest absolute Gasteiger partial charge is 0.507 e. The Morgan fingerprint density at radius 3 is 2.29 bits per heavy atom. The van der Waals surface area contributed by atoms with Crippen LogP contribution in [0.1, 0.15) is 38.2 Å². The highest BCUT2D eigenvalue weighted by molar-refractivity contribution is 14.1. The summed E-state index contributed by atoms with van der Waals surface area (Å²) in [5.74, 6) is 2.26. The molecule has 2 aliphatic heterocycles. The first-order valence-corrected chi connectivity index (χ1v) is 11.3. The van der Waals surface area contributed by atoms with Crippen molar-refractivity contribution >= 4 is 45.2 Å². The van der Waals surface area contributed by atoms with Crippen LogP contribution in [-0.2, 0) is 6.54 Å². The predicted molar refractivity (Wildman–Crippen MR) is 116 cm³/mol. The number of nitrogens with zero attached hydrogens (tertiary/aromatic N) is 2. The van der Waals surface area contributed by atoms with Gasteiger partial charge in [-0.15, -0.1) is 0 Å². The molecule has 1 N–H and O–H groups in total. The third-order valence-corrected chi connectivity index (χ3v) is 7.05. The molecule has 2 aliphatic rings. The molecule has 0 saturated carbocycles. The van der Waals surface area contributed by atoms with Crippen LogP contribution >= 0.6 is 45.2 Å². The second-order valence-corrected chi connectivity index (χ2v) is 10.0. The van der Waals surface area contributed by atoms with Gasteiger partial charge in [-0.1, -0.05) is 6.92 Å². The highest BCUT2D eigenvalue weighted by atomic mass is 127. The standard InChI is InChI=1S/C19H28I2N2O/c1-14-2-6-22(7-3-14)12-15-4-8-23(9-5-15)13-16-10-17(20)11-18(21)19(16)24/h10-11,14-15,24H,2-9,12-13H2,1H3. The van der Waals surface area contributed by atoms with Crippen molar-refractivity contribution in [1.82, 2.24) is 9.80 Å². The average Bonchev–Trinajstić information content (AvgIpc) is 2.56. The molecule has 24 heavy (non-hydrogen) atoms. The van der Waals surface area contributed by atoms with Crippen molar-refractivity contribution in [1.29, 1.82) is 0 Å². The molecule has 3 nitrogen and oxygen atoms in total. The van der Waals surface area contributed by atoms with Gasteiger partial charge >= 0.3 is 0 Å². The average molecular weight is 554 g/mol. The van der Waals surface area contributed by atoms with Gasteiger partial charge in [-0.2, -0.15) is 0 Å². The van der Waals surface area contributed by atoms with Gasteiger partial charge in [-0.05, 0) is 121 Å². The summed E-state index contributed by atoms with van der Waals surface area (Å²) in [6.45, 7) is 9.50. The van der Waals surface area contributed by atoms with Gasteiger partial charge in [0, 0.05) is 22.2 Å². The Hall–Kier alpha value is 0.400. The zero-order chi connectivity index (χ0) is 17.1. The summed E-state index contributed by atoms with van der Waals surface area (Å²) in [5.41, 5.74) is 1.08. The van der Waals surface area contributed by atoms with Gasteiger partial charge in [0.05, 0.1) is 3.57 Å². The molecule has 2 fully saturated rings. The first kappa shape index (κ1) is 19.2.